The van der Waals surface area contributed by atoms with Crippen LogP contribution in [0.15, 0.2) is 24.4 Å². The lowest BCUT2D eigenvalue weighted by molar-refractivity contribution is 0.112. The molecule has 2 aromatic carbocycles. The first-order chi connectivity index (χ1) is 13.5. The summed E-state index contributed by atoms with van der Waals surface area (Å²) in [4.78, 5) is 25.4. The van der Waals surface area contributed by atoms with Gasteiger partial charge in [0.05, 0.1) is 46.4 Å². The molecule has 1 N–H and O–H groups in total. The number of hydrogen-bond acceptors (Lipinski definition) is 7. The summed E-state index contributed by atoms with van der Waals surface area (Å²) in [5.41, 5.74) is 7.02. The Bertz CT molecular complexity index is 1220. The van der Waals surface area contributed by atoms with E-state index in [-0.39, 0.29) is 6.61 Å². The van der Waals surface area contributed by atoms with Gasteiger partial charge in [0.25, 0.3) is 0 Å². The minimum absolute atomic E-state index is 0.165. The van der Waals surface area contributed by atoms with Crippen LogP contribution >= 0.6 is 11.3 Å². The molecule has 0 radical (unpaired) electrons. The van der Waals surface area contributed by atoms with Gasteiger partial charge in [-0.1, -0.05) is 0 Å². The first-order valence-electron chi connectivity index (χ1n) is 8.80. The van der Waals surface area contributed by atoms with Gasteiger partial charge in [-0.05, 0) is 43.2 Å². The van der Waals surface area contributed by atoms with E-state index in [1.165, 1.54) is 11.3 Å². The molecule has 4 rings (SSSR count). The third-order valence-corrected chi connectivity index (χ3v) is 5.80. The van der Waals surface area contributed by atoms with E-state index in [4.69, 9.17) is 9.72 Å². The minimum atomic E-state index is -0.165. The second-order valence-corrected chi connectivity index (χ2v) is 7.72. The highest BCUT2D eigenvalue weighted by atomic mass is 32.1. The monoisotopic (exact) mass is 393 g/mol. The smallest absolute Gasteiger partial charge is 0.150 e. The molecule has 0 bridgehead atoms. The lowest BCUT2D eigenvalue weighted by Crippen LogP contribution is -1.97. The summed E-state index contributed by atoms with van der Waals surface area (Å²) in [6.07, 6.45) is 2.53. The fourth-order valence-corrected chi connectivity index (χ4v) is 4.42. The number of hydrogen-bond donors (Lipinski definition) is 1. The quantitative estimate of drug-likeness (QED) is 0.516. The summed E-state index contributed by atoms with van der Waals surface area (Å²) in [5, 5.41) is 10.6. The first kappa shape index (κ1) is 18.6. The van der Waals surface area contributed by atoms with E-state index < -0.39 is 0 Å². The SMILES string of the molecule is COCc1cnc2c(-c3nc4c(CO)c(C)c(C=O)cc4s3)cc(C)cc2n1. The van der Waals surface area contributed by atoms with Crippen LogP contribution in [-0.4, -0.2) is 33.5 Å². The molecule has 2 aromatic heterocycles. The van der Waals surface area contributed by atoms with E-state index in [1.807, 2.05) is 32.0 Å². The average molecular weight is 393 g/mol. The van der Waals surface area contributed by atoms with E-state index in [9.17, 15) is 9.90 Å². The molecule has 2 heterocycles. The van der Waals surface area contributed by atoms with Gasteiger partial charge in [-0.2, -0.15) is 0 Å². The third-order valence-electron chi connectivity index (χ3n) is 4.76. The van der Waals surface area contributed by atoms with Crippen molar-refractivity contribution in [2.75, 3.05) is 7.11 Å². The van der Waals surface area contributed by atoms with Gasteiger partial charge in [0.2, 0.25) is 0 Å². The summed E-state index contributed by atoms with van der Waals surface area (Å²) in [6, 6.07) is 5.86. The number of rotatable bonds is 5. The zero-order valence-electron chi connectivity index (χ0n) is 15.8. The Labute approximate surface area is 165 Å². The van der Waals surface area contributed by atoms with Crippen molar-refractivity contribution in [1.82, 2.24) is 15.0 Å². The molecule has 0 spiro atoms. The minimum Gasteiger partial charge on any atom is -0.392 e. The number of benzene rings is 2. The van der Waals surface area contributed by atoms with Gasteiger partial charge in [-0.3, -0.25) is 9.78 Å². The van der Waals surface area contributed by atoms with Crippen molar-refractivity contribution in [3.63, 3.8) is 0 Å². The van der Waals surface area contributed by atoms with Gasteiger partial charge in [0.1, 0.15) is 11.3 Å². The van der Waals surface area contributed by atoms with E-state index in [2.05, 4.69) is 9.97 Å². The molecule has 0 aliphatic rings. The van der Waals surface area contributed by atoms with Crippen LogP contribution in [0.3, 0.4) is 0 Å². The van der Waals surface area contributed by atoms with Crippen molar-refractivity contribution in [2.24, 2.45) is 0 Å². The van der Waals surface area contributed by atoms with E-state index in [1.54, 1.807) is 13.3 Å². The maximum absolute atomic E-state index is 11.4. The van der Waals surface area contributed by atoms with Crippen molar-refractivity contribution in [3.05, 3.63) is 52.3 Å². The maximum Gasteiger partial charge on any atom is 0.150 e. The number of carbonyl (C=O) groups excluding carboxylic acids is 1. The maximum atomic E-state index is 11.4. The highest BCUT2D eigenvalue weighted by Crippen LogP contribution is 2.37. The second kappa shape index (κ2) is 7.35. The van der Waals surface area contributed by atoms with Crippen molar-refractivity contribution in [3.8, 4) is 10.6 Å². The summed E-state index contributed by atoms with van der Waals surface area (Å²) in [5.74, 6) is 0. The van der Waals surface area contributed by atoms with Crippen LogP contribution in [-0.2, 0) is 18.0 Å². The van der Waals surface area contributed by atoms with E-state index >= 15 is 0 Å². The van der Waals surface area contributed by atoms with Crippen molar-refractivity contribution in [2.45, 2.75) is 27.1 Å². The Balaban J connectivity index is 1.97. The van der Waals surface area contributed by atoms with E-state index in [0.29, 0.717) is 17.7 Å². The Kier molecular flexibility index (Phi) is 4.89. The molecule has 0 fully saturated rings. The van der Waals surface area contributed by atoms with Crippen LogP contribution in [0, 0.1) is 13.8 Å². The van der Waals surface area contributed by atoms with Crippen molar-refractivity contribution >= 4 is 38.9 Å². The Morgan fingerprint density at radius 1 is 1.18 bits per heavy atom. The fourth-order valence-electron chi connectivity index (χ4n) is 3.36. The molecule has 0 saturated heterocycles. The van der Waals surface area contributed by atoms with Crippen LogP contribution in [0.4, 0.5) is 0 Å². The molecule has 0 amide bonds. The van der Waals surface area contributed by atoms with Crippen molar-refractivity contribution < 1.29 is 14.6 Å². The highest BCUT2D eigenvalue weighted by Gasteiger charge is 2.17. The number of fused-ring (bicyclic) bond motifs is 2. The molecule has 142 valence electrons. The van der Waals surface area contributed by atoms with Crippen LogP contribution in [0.2, 0.25) is 0 Å². The van der Waals surface area contributed by atoms with Crippen molar-refractivity contribution in [1.29, 1.82) is 0 Å². The largest absolute Gasteiger partial charge is 0.392 e. The van der Waals surface area contributed by atoms with Gasteiger partial charge in [0, 0.05) is 23.8 Å². The Morgan fingerprint density at radius 3 is 2.71 bits per heavy atom. The molecular weight excluding hydrogens is 374 g/mol. The fraction of sp³-hybridized carbons (Fsp3) is 0.238. The van der Waals surface area contributed by atoms with Crippen LogP contribution < -0.4 is 0 Å². The van der Waals surface area contributed by atoms with Crippen LogP contribution in [0.5, 0.6) is 0 Å². The number of aldehydes is 1. The van der Waals surface area contributed by atoms with Crippen LogP contribution in [0.25, 0.3) is 31.8 Å². The molecule has 6 nitrogen and oxygen atoms in total. The predicted octanol–water partition coefficient (Wildman–Crippen LogP) is 3.97. The summed E-state index contributed by atoms with van der Waals surface area (Å²) < 4.78 is 6.02. The molecule has 7 heteroatoms. The number of methoxy groups -OCH3 is 1. The summed E-state index contributed by atoms with van der Waals surface area (Å²) >= 11 is 1.48. The topological polar surface area (TPSA) is 85.2 Å². The molecule has 4 aromatic rings. The number of ether oxygens (including phenoxy) is 1. The lowest BCUT2D eigenvalue weighted by Gasteiger charge is -2.07. The Hall–Kier alpha value is -2.74. The molecule has 0 unspecified atom stereocenters. The number of nitrogens with zero attached hydrogens (tertiary/aromatic N) is 3. The van der Waals surface area contributed by atoms with Gasteiger partial charge in [-0.15, -0.1) is 11.3 Å². The average Bonchev–Trinajstić information content (AvgIpc) is 3.10. The molecule has 0 saturated carbocycles. The van der Waals surface area contributed by atoms with E-state index in [0.717, 1.165) is 54.9 Å². The summed E-state index contributed by atoms with van der Waals surface area (Å²) in [6.45, 7) is 4.08. The lowest BCUT2D eigenvalue weighted by atomic mass is 10.0. The van der Waals surface area contributed by atoms with Gasteiger partial charge in [-0.25, -0.2) is 9.97 Å². The van der Waals surface area contributed by atoms with Gasteiger partial charge < -0.3 is 9.84 Å². The number of thiazole rings is 1. The standard InChI is InChI=1S/C21H19N3O3S/c1-11-4-15(19-17(5-11)23-14(7-22-19)10-27-3)21-24-20-16(9-26)12(2)13(8-25)6-18(20)28-21/h4-8,26H,9-10H2,1-3H3. The number of aryl methyl sites for hydroxylation is 1. The summed E-state index contributed by atoms with van der Waals surface area (Å²) in [7, 11) is 1.63. The Morgan fingerprint density at radius 2 is 2.00 bits per heavy atom. The number of aromatic nitrogens is 3. The molecular formula is C21H19N3O3S. The van der Waals surface area contributed by atoms with Crippen LogP contribution in [0.1, 0.15) is 32.7 Å². The molecule has 28 heavy (non-hydrogen) atoms. The second-order valence-electron chi connectivity index (χ2n) is 6.69. The highest BCUT2D eigenvalue weighted by molar-refractivity contribution is 7.21. The van der Waals surface area contributed by atoms with Gasteiger partial charge in [0.15, 0.2) is 0 Å². The first-order valence-corrected chi connectivity index (χ1v) is 9.62. The molecule has 0 aliphatic heterocycles. The normalized spacial score (nSPS) is 11.4. The third kappa shape index (κ3) is 3.07. The molecule has 0 atom stereocenters. The number of aliphatic hydroxyl groups is 1. The number of carbonyl (C=O) groups is 1. The number of aliphatic hydroxyl groups excluding tert-OH is 1. The predicted molar refractivity (Wildman–Crippen MR) is 110 cm³/mol. The zero-order chi connectivity index (χ0) is 19.8. The van der Waals surface area contributed by atoms with Gasteiger partial charge >= 0.3 is 0 Å². The zero-order valence-corrected chi connectivity index (χ0v) is 16.6. The molecule has 0 aliphatic carbocycles.